The van der Waals surface area contributed by atoms with Gasteiger partial charge < -0.3 is 0 Å². The van der Waals surface area contributed by atoms with Crippen LogP contribution in [0, 0.1) is 5.82 Å². The monoisotopic (exact) mass is 257 g/mol. The number of carbonyl (C=O) groups is 1. The van der Waals surface area contributed by atoms with E-state index in [-0.39, 0.29) is 11.5 Å². The summed E-state index contributed by atoms with van der Waals surface area (Å²) in [4.78, 5) is 15.2. The van der Waals surface area contributed by atoms with Crippen molar-refractivity contribution in [3.8, 4) is 0 Å². The Morgan fingerprint density at radius 2 is 2.43 bits per heavy atom. The Balaban J connectivity index is 2.84. The molecule has 1 aromatic rings. The Labute approximate surface area is 90.0 Å². The molecule has 0 bridgehead atoms. The van der Waals surface area contributed by atoms with Crippen LogP contribution in [0.2, 0.25) is 0 Å². The van der Waals surface area contributed by atoms with Crippen molar-refractivity contribution in [1.29, 1.82) is 0 Å². The first-order valence-corrected chi connectivity index (χ1v) is 4.89. The van der Waals surface area contributed by atoms with Gasteiger partial charge in [0.25, 0.3) is 0 Å². The van der Waals surface area contributed by atoms with E-state index >= 15 is 0 Å². The average molecular weight is 258 g/mol. The summed E-state index contributed by atoms with van der Waals surface area (Å²) in [5.74, 6) is -0.575. The number of hydrogen-bond acceptors (Lipinski definition) is 2. The second kappa shape index (κ2) is 5.00. The van der Waals surface area contributed by atoms with Gasteiger partial charge in [0.1, 0.15) is 11.5 Å². The molecule has 74 valence electrons. The predicted octanol–water partition coefficient (Wildman–Crippen LogP) is 3.13. The fraction of sp³-hybridized carbons (Fsp3) is 0.200. The maximum Gasteiger partial charge on any atom is 0.182 e. The average Bonchev–Trinajstić information content (AvgIpc) is 2.14. The van der Waals surface area contributed by atoms with Gasteiger partial charge >= 0.3 is 0 Å². The van der Waals surface area contributed by atoms with Gasteiger partial charge in [0.15, 0.2) is 5.78 Å². The van der Waals surface area contributed by atoms with Crippen LogP contribution in [0.4, 0.5) is 4.39 Å². The molecule has 0 aliphatic carbocycles. The number of aromatic nitrogens is 1. The van der Waals surface area contributed by atoms with Crippen molar-refractivity contribution >= 4 is 21.7 Å². The molecule has 0 fully saturated rings. The standard InChI is InChI=1S/C10H9BrFNO/c1-2-3-4-9(14)10-8(11)5-7(12)6-13-10/h2,5-6H,1,3-4H2. The summed E-state index contributed by atoms with van der Waals surface area (Å²) >= 11 is 3.09. The van der Waals surface area contributed by atoms with Crippen LogP contribution in [-0.2, 0) is 0 Å². The predicted molar refractivity (Wildman–Crippen MR) is 55.7 cm³/mol. The van der Waals surface area contributed by atoms with Crippen LogP contribution in [0.5, 0.6) is 0 Å². The Hall–Kier alpha value is -1.03. The molecule has 0 saturated heterocycles. The first-order chi connectivity index (χ1) is 6.65. The molecule has 0 N–H and O–H groups in total. The third-order valence-electron chi connectivity index (χ3n) is 1.65. The highest BCUT2D eigenvalue weighted by molar-refractivity contribution is 9.10. The number of ketones is 1. The topological polar surface area (TPSA) is 30.0 Å². The molecule has 0 saturated carbocycles. The highest BCUT2D eigenvalue weighted by Crippen LogP contribution is 2.17. The minimum absolute atomic E-state index is 0.114. The zero-order valence-corrected chi connectivity index (χ0v) is 9.05. The fourth-order valence-electron chi connectivity index (χ4n) is 0.971. The minimum atomic E-state index is -0.461. The number of Topliss-reactive ketones (excluding diaryl/α,β-unsaturated/α-hetero) is 1. The molecule has 1 rings (SSSR count). The van der Waals surface area contributed by atoms with Crippen molar-refractivity contribution in [2.45, 2.75) is 12.8 Å². The summed E-state index contributed by atoms with van der Waals surface area (Å²) in [7, 11) is 0. The first-order valence-electron chi connectivity index (χ1n) is 4.10. The maximum absolute atomic E-state index is 12.6. The molecule has 0 unspecified atom stereocenters. The van der Waals surface area contributed by atoms with Crippen LogP contribution >= 0.6 is 15.9 Å². The largest absolute Gasteiger partial charge is 0.292 e. The van der Waals surface area contributed by atoms with Crippen molar-refractivity contribution in [3.63, 3.8) is 0 Å². The maximum atomic E-state index is 12.6. The summed E-state index contributed by atoms with van der Waals surface area (Å²) < 4.78 is 13.0. The van der Waals surface area contributed by atoms with Crippen LogP contribution in [0.25, 0.3) is 0 Å². The van der Waals surface area contributed by atoms with E-state index in [0.717, 1.165) is 6.20 Å². The lowest BCUT2D eigenvalue weighted by atomic mass is 10.1. The number of hydrogen-bond donors (Lipinski definition) is 0. The summed E-state index contributed by atoms with van der Waals surface area (Å²) in [5, 5.41) is 0. The summed E-state index contributed by atoms with van der Waals surface area (Å²) in [6, 6.07) is 1.23. The Morgan fingerprint density at radius 3 is 3.00 bits per heavy atom. The summed E-state index contributed by atoms with van der Waals surface area (Å²) in [6.07, 6.45) is 3.65. The SMILES string of the molecule is C=CCCC(=O)c1ncc(F)cc1Br. The number of nitrogens with zero attached hydrogens (tertiary/aromatic N) is 1. The molecule has 1 aromatic heterocycles. The zero-order valence-electron chi connectivity index (χ0n) is 7.46. The number of allylic oxidation sites excluding steroid dienone is 1. The molecule has 14 heavy (non-hydrogen) atoms. The van der Waals surface area contributed by atoms with Crippen molar-refractivity contribution < 1.29 is 9.18 Å². The minimum Gasteiger partial charge on any atom is -0.292 e. The molecule has 0 atom stereocenters. The van der Waals surface area contributed by atoms with Gasteiger partial charge in [0, 0.05) is 10.9 Å². The van der Waals surface area contributed by atoms with Gasteiger partial charge in [0.05, 0.1) is 6.20 Å². The zero-order chi connectivity index (χ0) is 10.6. The van der Waals surface area contributed by atoms with E-state index in [2.05, 4.69) is 27.5 Å². The second-order valence-corrected chi connectivity index (χ2v) is 3.59. The van der Waals surface area contributed by atoms with Crippen LogP contribution in [0.3, 0.4) is 0 Å². The lowest BCUT2D eigenvalue weighted by Gasteiger charge is -2.00. The van der Waals surface area contributed by atoms with E-state index < -0.39 is 5.82 Å². The fourth-order valence-corrected chi connectivity index (χ4v) is 1.51. The number of pyridine rings is 1. The van der Waals surface area contributed by atoms with E-state index in [4.69, 9.17) is 0 Å². The third kappa shape index (κ3) is 2.73. The first kappa shape index (κ1) is 11.0. The molecule has 0 radical (unpaired) electrons. The van der Waals surface area contributed by atoms with Crippen LogP contribution in [0.1, 0.15) is 23.3 Å². The Bertz CT molecular complexity index is 365. The molecule has 2 nitrogen and oxygen atoms in total. The molecule has 0 aliphatic rings. The van der Waals surface area contributed by atoms with Crippen molar-refractivity contribution in [1.82, 2.24) is 4.98 Å². The van der Waals surface area contributed by atoms with Gasteiger partial charge in [-0.1, -0.05) is 6.08 Å². The van der Waals surface area contributed by atoms with Gasteiger partial charge in [-0.15, -0.1) is 6.58 Å². The lowest BCUT2D eigenvalue weighted by molar-refractivity contribution is 0.0978. The Morgan fingerprint density at radius 1 is 1.71 bits per heavy atom. The molecular weight excluding hydrogens is 249 g/mol. The molecule has 0 spiro atoms. The van der Waals surface area contributed by atoms with Crippen molar-refractivity contribution in [3.05, 3.63) is 40.9 Å². The van der Waals surface area contributed by atoms with E-state index in [1.165, 1.54) is 6.07 Å². The molecule has 1 heterocycles. The smallest absolute Gasteiger partial charge is 0.182 e. The molecule has 0 aromatic carbocycles. The normalized spacial score (nSPS) is 9.86. The molecular formula is C10H9BrFNO. The number of carbonyl (C=O) groups excluding carboxylic acids is 1. The Kier molecular flexibility index (Phi) is 3.95. The quantitative estimate of drug-likeness (QED) is 0.613. The third-order valence-corrected chi connectivity index (χ3v) is 2.25. The molecule has 0 aliphatic heterocycles. The van der Waals surface area contributed by atoms with E-state index in [1.54, 1.807) is 6.08 Å². The van der Waals surface area contributed by atoms with Crippen LogP contribution in [0.15, 0.2) is 29.4 Å². The molecule has 4 heteroatoms. The second-order valence-electron chi connectivity index (χ2n) is 2.73. The van der Waals surface area contributed by atoms with Gasteiger partial charge in [0.2, 0.25) is 0 Å². The summed E-state index contributed by atoms with van der Waals surface area (Å²) in [5.41, 5.74) is 0.272. The number of rotatable bonds is 4. The van der Waals surface area contributed by atoms with Gasteiger partial charge in [-0.05, 0) is 28.4 Å². The van der Waals surface area contributed by atoms with Crippen molar-refractivity contribution in [2.75, 3.05) is 0 Å². The van der Waals surface area contributed by atoms with Crippen LogP contribution < -0.4 is 0 Å². The molecule has 0 amide bonds. The van der Waals surface area contributed by atoms with Crippen molar-refractivity contribution in [2.24, 2.45) is 0 Å². The lowest BCUT2D eigenvalue weighted by Crippen LogP contribution is -2.03. The highest BCUT2D eigenvalue weighted by atomic mass is 79.9. The van der Waals surface area contributed by atoms with E-state index in [1.807, 2.05) is 0 Å². The highest BCUT2D eigenvalue weighted by Gasteiger charge is 2.11. The summed E-state index contributed by atoms with van der Waals surface area (Å²) in [6.45, 7) is 3.52. The van der Waals surface area contributed by atoms with Gasteiger partial charge in [-0.25, -0.2) is 9.37 Å². The van der Waals surface area contributed by atoms with E-state index in [0.29, 0.717) is 17.3 Å². The van der Waals surface area contributed by atoms with Crippen LogP contribution in [-0.4, -0.2) is 10.8 Å². The van der Waals surface area contributed by atoms with Gasteiger partial charge in [-0.3, -0.25) is 4.79 Å². The van der Waals surface area contributed by atoms with Gasteiger partial charge in [-0.2, -0.15) is 0 Å². The number of halogens is 2. The van der Waals surface area contributed by atoms with E-state index in [9.17, 15) is 9.18 Å².